The first-order valence-electron chi connectivity index (χ1n) is 7.89. The minimum atomic E-state index is 0.0555. The lowest BCUT2D eigenvalue weighted by molar-refractivity contribution is -0.134. The molecule has 0 bridgehead atoms. The zero-order valence-electron chi connectivity index (χ0n) is 13.8. The van der Waals surface area contributed by atoms with Gasteiger partial charge in [0.15, 0.2) is 6.61 Å². The van der Waals surface area contributed by atoms with Crippen LogP contribution in [0.5, 0.6) is 5.75 Å². The molecule has 1 atom stereocenters. The third-order valence-corrected chi connectivity index (χ3v) is 4.53. The molecule has 1 aliphatic carbocycles. The molecule has 1 aromatic carbocycles. The van der Waals surface area contributed by atoms with Gasteiger partial charge in [-0.25, -0.2) is 0 Å². The van der Waals surface area contributed by atoms with Gasteiger partial charge in [-0.15, -0.1) is 0 Å². The predicted octanol–water partition coefficient (Wildman–Crippen LogP) is 3.75. The Kier molecular flexibility index (Phi) is 4.92. The van der Waals surface area contributed by atoms with E-state index in [1.165, 1.54) is 24.0 Å². The Bertz CT molecular complexity index is 506. The van der Waals surface area contributed by atoms with Gasteiger partial charge in [-0.3, -0.25) is 4.79 Å². The van der Waals surface area contributed by atoms with Crippen molar-refractivity contribution in [2.24, 2.45) is 5.92 Å². The van der Waals surface area contributed by atoms with Gasteiger partial charge in [0.2, 0.25) is 0 Å². The summed E-state index contributed by atoms with van der Waals surface area (Å²) in [6.45, 7) is 8.69. The Morgan fingerprint density at radius 3 is 2.52 bits per heavy atom. The number of amides is 1. The topological polar surface area (TPSA) is 29.5 Å². The summed E-state index contributed by atoms with van der Waals surface area (Å²) in [5.74, 6) is 2.02. The molecule has 0 aromatic heterocycles. The van der Waals surface area contributed by atoms with Gasteiger partial charge in [-0.1, -0.05) is 19.9 Å². The largest absolute Gasteiger partial charge is 0.484 e. The molecule has 3 heteroatoms. The number of rotatable bonds is 6. The lowest BCUT2D eigenvalue weighted by Crippen LogP contribution is -2.39. The maximum absolute atomic E-state index is 12.2. The van der Waals surface area contributed by atoms with Crippen molar-refractivity contribution in [3.05, 3.63) is 29.3 Å². The number of aryl methyl sites for hydroxylation is 1. The van der Waals surface area contributed by atoms with Gasteiger partial charge < -0.3 is 9.64 Å². The number of carbonyl (C=O) groups is 1. The molecule has 116 valence electrons. The molecule has 1 saturated carbocycles. The van der Waals surface area contributed by atoms with E-state index in [0.717, 1.165) is 5.75 Å². The van der Waals surface area contributed by atoms with Crippen LogP contribution in [-0.2, 0) is 4.79 Å². The van der Waals surface area contributed by atoms with Crippen molar-refractivity contribution in [3.63, 3.8) is 0 Å². The van der Waals surface area contributed by atoms with Crippen LogP contribution in [0.1, 0.15) is 50.7 Å². The minimum Gasteiger partial charge on any atom is -0.484 e. The van der Waals surface area contributed by atoms with Crippen LogP contribution in [-0.4, -0.2) is 30.5 Å². The van der Waals surface area contributed by atoms with Crippen LogP contribution in [0.25, 0.3) is 0 Å². The highest BCUT2D eigenvalue weighted by molar-refractivity contribution is 5.77. The maximum Gasteiger partial charge on any atom is 0.260 e. The number of ether oxygens (including phenoxy) is 1. The third kappa shape index (κ3) is 3.99. The number of hydrogen-bond acceptors (Lipinski definition) is 2. The number of likely N-dealkylation sites (N-methyl/N-ethyl adjacent to an activating group) is 1. The first kappa shape index (κ1) is 15.9. The lowest BCUT2D eigenvalue weighted by atomic mass is 9.98. The van der Waals surface area contributed by atoms with Gasteiger partial charge in [0.05, 0.1) is 0 Å². The monoisotopic (exact) mass is 289 g/mol. The van der Waals surface area contributed by atoms with Crippen LogP contribution in [0.3, 0.4) is 0 Å². The number of hydrogen-bond donors (Lipinski definition) is 0. The van der Waals surface area contributed by atoms with Crippen molar-refractivity contribution in [2.45, 2.75) is 52.5 Å². The fourth-order valence-electron chi connectivity index (χ4n) is 2.75. The van der Waals surface area contributed by atoms with Crippen LogP contribution in [0.4, 0.5) is 0 Å². The summed E-state index contributed by atoms with van der Waals surface area (Å²) in [6.07, 6.45) is 2.49. The molecule has 0 radical (unpaired) electrons. The van der Waals surface area contributed by atoms with Crippen molar-refractivity contribution >= 4 is 5.91 Å². The molecule has 21 heavy (non-hydrogen) atoms. The first-order chi connectivity index (χ1) is 9.90. The molecule has 1 amide bonds. The van der Waals surface area contributed by atoms with Crippen LogP contribution in [0, 0.1) is 12.8 Å². The molecule has 0 saturated heterocycles. The maximum atomic E-state index is 12.2. The number of benzene rings is 1. The average molecular weight is 289 g/mol. The minimum absolute atomic E-state index is 0.0555. The Labute approximate surface area is 128 Å². The van der Waals surface area contributed by atoms with Gasteiger partial charge in [-0.2, -0.15) is 0 Å². The van der Waals surface area contributed by atoms with Crippen molar-refractivity contribution < 1.29 is 9.53 Å². The summed E-state index contributed by atoms with van der Waals surface area (Å²) < 4.78 is 5.66. The highest BCUT2D eigenvalue weighted by Crippen LogP contribution is 2.34. The fourth-order valence-corrected chi connectivity index (χ4v) is 2.75. The van der Waals surface area contributed by atoms with Gasteiger partial charge >= 0.3 is 0 Å². The van der Waals surface area contributed by atoms with Gasteiger partial charge in [0, 0.05) is 13.1 Å². The molecule has 3 nitrogen and oxygen atoms in total. The first-order valence-corrected chi connectivity index (χ1v) is 7.89. The molecule has 0 N–H and O–H groups in total. The van der Waals surface area contributed by atoms with Crippen LogP contribution >= 0.6 is 0 Å². The summed E-state index contributed by atoms with van der Waals surface area (Å²) in [4.78, 5) is 14.0. The summed E-state index contributed by atoms with van der Waals surface area (Å²) in [6, 6.07) is 6.40. The van der Waals surface area contributed by atoms with Gasteiger partial charge in [-0.05, 0) is 61.8 Å². The van der Waals surface area contributed by atoms with Gasteiger partial charge in [0.25, 0.3) is 5.91 Å². The molecule has 0 heterocycles. The zero-order valence-corrected chi connectivity index (χ0v) is 13.8. The van der Waals surface area contributed by atoms with E-state index >= 15 is 0 Å². The predicted molar refractivity (Wildman–Crippen MR) is 85.7 cm³/mol. The second-order valence-corrected chi connectivity index (χ2v) is 6.54. The van der Waals surface area contributed by atoms with Crippen molar-refractivity contribution in [2.75, 3.05) is 13.7 Å². The molecule has 1 aliphatic rings. The molecule has 1 fully saturated rings. The molecule has 0 aliphatic heterocycles. The van der Waals surface area contributed by atoms with E-state index in [1.54, 1.807) is 0 Å². The van der Waals surface area contributed by atoms with E-state index in [-0.39, 0.29) is 12.5 Å². The average Bonchev–Trinajstić information content (AvgIpc) is 3.27. The third-order valence-electron chi connectivity index (χ3n) is 4.53. The summed E-state index contributed by atoms with van der Waals surface area (Å²) in [5.41, 5.74) is 2.54. The molecule has 1 unspecified atom stereocenters. The van der Waals surface area contributed by atoms with E-state index in [9.17, 15) is 4.79 Å². The number of carbonyl (C=O) groups excluding carboxylic acids is 1. The normalized spacial score (nSPS) is 15.9. The Hall–Kier alpha value is -1.51. The van der Waals surface area contributed by atoms with Crippen molar-refractivity contribution in [1.29, 1.82) is 0 Å². The van der Waals surface area contributed by atoms with Crippen molar-refractivity contribution in [1.82, 2.24) is 4.90 Å². The van der Waals surface area contributed by atoms with E-state index in [4.69, 9.17) is 4.74 Å². The molecule has 0 spiro atoms. The van der Waals surface area contributed by atoms with Crippen LogP contribution < -0.4 is 4.74 Å². The van der Waals surface area contributed by atoms with E-state index in [2.05, 4.69) is 33.8 Å². The Morgan fingerprint density at radius 1 is 1.33 bits per heavy atom. The smallest absolute Gasteiger partial charge is 0.260 e. The quantitative estimate of drug-likeness (QED) is 0.798. The van der Waals surface area contributed by atoms with E-state index in [1.807, 2.05) is 24.1 Å². The highest BCUT2D eigenvalue weighted by Gasteiger charge is 2.32. The molecule has 2 rings (SSSR count). The molecular weight excluding hydrogens is 262 g/mol. The SMILES string of the molecule is Cc1cc(OCC(=O)N(C)C(C)C2CC2)ccc1C(C)C. The van der Waals surface area contributed by atoms with E-state index in [0.29, 0.717) is 17.9 Å². The fraction of sp³-hybridized carbons (Fsp3) is 0.611. The highest BCUT2D eigenvalue weighted by atomic mass is 16.5. The number of nitrogens with zero attached hydrogens (tertiary/aromatic N) is 1. The van der Waals surface area contributed by atoms with E-state index < -0.39 is 0 Å². The van der Waals surface area contributed by atoms with Crippen molar-refractivity contribution in [3.8, 4) is 5.75 Å². The Balaban J connectivity index is 1.90. The standard InChI is InChI=1S/C18H27NO2/c1-12(2)17-9-8-16(10-13(17)3)21-11-18(20)19(5)14(4)15-6-7-15/h8-10,12,14-15H,6-7,11H2,1-5H3. The van der Waals surface area contributed by atoms with Crippen LogP contribution in [0.15, 0.2) is 18.2 Å². The molecule has 1 aromatic rings. The summed E-state index contributed by atoms with van der Waals surface area (Å²) in [5, 5.41) is 0. The summed E-state index contributed by atoms with van der Waals surface area (Å²) >= 11 is 0. The summed E-state index contributed by atoms with van der Waals surface area (Å²) in [7, 11) is 1.88. The molecular formula is C18H27NO2. The van der Waals surface area contributed by atoms with Gasteiger partial charge in [0.1, 0.15) is 5.75 Å². The second kappa shape index (κ2) is 6.50. The van der Waals surface area contributed by atoms with Crippen LogP contribution in [0.2, 0.25) is 0 Å². The zero-order chi connectivity index (χ0) is 15.6. The Morgan fingerprint density at radius 2 is 2.00 bits per heavy atom. The second-order valence-electron chi connectivity index (χ2n) is 6.54. The lowest BCUT2D eigenvalue weighted by Gasteiger charge is -2.25.